The first-order chi connectivity index (χ1) is 13.0. The molecule has 0 atom stereocenters. The molecule has 1 N–H and O–H groups in total. The smallest absolute Gasteiger partial charge is 0.248 e. The molecule has 0 saturated carbocycles. The number of para-hydroxylation sites is 1. The van der Waals surface area contributed by atoms with Gasteiger partial charge in [0.2, 0.25) is 5.91 Å². The number of halogens is 1. The van der Waals surface area contributed by atoms with Crippen LogP contribution in [0.2, 0.25) is 5.02 Å². The minimum absolute atomic E-state index is 0.194. The second-order valence-electron chi connectivity index (χ2n) is 6.17. The maximum absolute atomic E-state index is 12.4. The number of anilines is 1. The van der Waals surface area contributed by atoms with Crippen molar-refractivity contribution in [3.05, 3.63) is 58.1 Å². The van der Waals surface area contributed by atoms with Crippen LogP contribution in [0.1, 0.15) is 37.0 Å². The summed E-state index contributed by atoms with van der Waals surface area (Å²) in [5.74, 6) is 0.874. The van der Waals surface area contributed by atoms with E-state index < -0.39 is 0 Å². The SMILES string of the molecule is CCCOc1c(Cl)cc(/C=C/C(=O)Nc2c(C)cccc2CC)cc1OC. The van der Waals surface area contributed by atoms with Gasteiger partial charge in [0.05, 0.1) is 18.7 Å². The van der Waals surface area contributed by atoms with Crippen LogP contribution in [-0.2, 0) is 11.2 Å². The second kappa shape index (κ2) is 10.0. The van der Waals surface area contributed by atoms with E-state index in [9.17, 15) is 4.79 Å². The predicted molar refractivity (Wildman–Crippen MR) is 112 cm³/mol. The molecule has 2 rings (SSSR count). The minimum atomic E-state index is -0.194. The first-order valence-corrected chi connectivity index (χ1v) is 9.45. The average Bonchev–Trinajstić information content (AvgIpc) is 2.66. The van der Waals surface area contributed by atoms with Gasteiger partial charge in [-0.1, -0.05) is 43.6 Å². The Morgan fingerprint density at radius 2 is 2.04 bits per heavy atom. The van der Waals surface area contributed by atoms with Crippen LogP contribution in [0.5, 0.6) is 11.5 Å². The molecule has 4 nitrogen and oxygen atoms in total. The Labute approximate surface area is 166 Å². The number of amides is 1. The summed E-state index contributed by atoms with van der Waals surface area (Å²) in [6.07, 6.45) is 4.92. The van der Waals surface area contributed by atoms with Crippen molar-refractivity contribution < 1.29 is 14.3 Å². The van der Waals surface area contributed by atoms with E-state index in [-0.39, 0.29) is 5.91 Å². The standard InChI is InChI=1S/C22H26ClNO3/c1-5-12-27-22-18(23)13-16(14-19(22)26-4)10-11-20(25)24-21-15(3)8-7-9-17(21)6-2/h7-11,13-14H,5-6,12H2,1-4H3,(H,24,25)/b11-10+. The molecule has 0 radical (unpaired) electrons. The van der Waals surface area contributed by atoms with Crippen molar-refractivity contribution in [2.45, 2.75) is 33.6 Å². The molecule has 0 aliphatic heterocycles. The fourth-order valence-corrected chi connectivity index (χ4v) is 2.99. The average molecular weight is 388 g/mol. The molecule has 144 valence electrons. The van der Waals surface area contributed by atoms with E-state index >= 15 is 0 Å². The summed E-state index contributed by atoms with van der Waals surface area (Å²) < 4.78 is 11.0. The highest BCUT2D eigenvalue weighted by Crippen LogP contribution is 2.36. The molecule has 0 spiro atoms. The molecule has 0 aliphatic rings. The molecule has 0 fully saturated rings. The summed E-state index contributed by atoms with van der Waals surface area (Å²) >= 11 is 6.32. The highest BCUT2D eigenvalue weighted by atomic mass is 35.5. The zero-order valence-electron chi connectivity index (χ0n) is 16.3. The van der Waals surface area contributed by atoms with Crippen LogP contribution in [-0.4, -0.2) is 19.6 Å². The number of hydrogen-bond donors (Lipinski definition) is 1. The molecule has 0 aliphatic carbocycles. The van der Waals surface area contributed by atoms with E-state index in [1.165, 1.54) is 6.08 Å². The van der Waals surface area contributed by atoms with Crippen molar-refractivity contribution in [1.29, 1.82) is 0 Å². The molecule has 0 aromatic heterocycles. The van der Waals surface area contributed by atoms with Crippen LogP contribution < -0.4 is 14.8 Å². The lowest BCUT2D eigenvalue weighted by molar-refractivity contribution is -0.111. The van der Waals surface area contributed by atoms with Gasteiger partial charge in [-0.25, -0.2) is 0 Å². The van der Waals surface area contributed by atoms with Gasteiger partial charge in [0, 0.05) is 11.8 Å². The molecular weight excluding hydrogens is 362 g/mol. The zero-order valence-corrected chi connectivity index (χ0v) is 17.0. The molecule has 1 amide bonds. The molecule has 0 saturated heterocycles. The molecule has 27 heavy (non-hydrogen) atoms. The lowest BCUT2D eigenvalue weighted by atomic mass is 10.1. The Kier molecular flexibility index (Phi) is 7.74. The number of carbonyl (C=O) groups excluding carboxylic acids is 1. The summed E-state index contributed by atoms with van der Waals surface area (Å²) in [5.41, 5.74) is 3.78. The Balaban J connectivity index is 2.18. The summed E-state index contributed by atoms with van der Waals surface area (Å²) in [5, 5.41) is 3.42. The Bertz CT molecular complexity index is 831. The van der Waals surface area contributed by atoms with Crippen LogP contribution in [0.25, 0.3) is 6.08 Å². The molecule has 2 aromatic rings. The van der Waals surface area contributed by atoms with E-state index in [0.29, 0.717) is 23.1 Å². The fourth-order valence-electron chi connectivity index (χ4n) is 2.72. The largest absolute Gasteiger partial charge is 0.493 e. The van der Waals surface area contributed by atoms with Crippen LogP contribution >= 0.6 is 11.6 Å². The number of benzene rings is 2. The van der Waals surface area contributed by atoms with Gasteiger partial charge in [-0.05, 0) is 54.7 Å². The highest BCUT2D eigenvalue weighted by Gasteiger charge is 2.11. The van der Waals surface area contributed by atoms with Crippen molar-refractivity contribution in [3.63, 3.8) is 0 Å². The second-order valence-corrected chi connectivity index (χ2v) is 6.57. The molecular formula is C22H26ClNO3. The van der Waals surface area contributed by atoms with Gasteiger partial charge in [-0.15, -0.1) is 0 Å². The van der Waals surface area contributed by atoms with Gasteiger partial charge in [-0.3, -0.25) is 4.79 Å². The number of ether oxygens (including phenoxy) is 2. The van der Waals surface area contributed by atoms with E-state index in [0.717, 1.165) is 35.2 Å². The third kappa shape index (κ3) is 5.51. The van der Waals surface area contributed by atoms with Crippen molar-refractivity contribution in [1.82, 2.24) is 0 Å². The van der Waals surface area contributed by atoms with Crippen molar-refractivity contribution >= 4 is 29.3 Å². The normalized spacial score (nSPS) is 10.9. The first kappa shape index (κ1) is 20.8. The van der Waals surface area contributed by atoms with Crippen LogP contribution in [0.3, 0.4) is 0 Å². The minimum Gasteiger partial charge on any atom is -0.493 e. The maximum Gasteiger partial charge on any atom is 0.248 e. The number of rotatable bonds is 8. The van der Waals surface area contributed by atoms with Gasteiger partial charge in [0.25, 0.3) is 0 Å². The van der Waals surface area contributed by atoms with Crippen LogP contribution in [0, 0.1) is 6.92 Å². The van der Waals surface area contributed by atoms with Crippen LogP contribution in [0.4, 0.5) is 5.69 Å². The molecule has 0 heterocycles. The number of aryl methyl sites for hydroxylation is 2. The molecule has 0 bridgehead atoms. The lowest BCUT2D eigenvalue weighted by Gasteiger charge is -2.13. The van der Waals surface area contributed by atoms with Gasteiger partial charge in [-0.2, -0.15) is 0 Å². The van der Waals surface area contributed by atoms with E-state index in [2.05, 4.69) is 12.2 Å². The third-order valence-corrected chi connectivity index (χ3v) is 4.40. The number of carbonyl (C=O) groups is 1. The molecule has 2 aromatic carbocycles. The zero-order chi connectivity index (χ0) is 19.8. The van der Waals surface area contributed by atoms with E-state index in [1.54, 1.807) is 25.3 Å². The quantitative estimate of drug-likeness (QED) is 0.594. The number of hydrogen-bond acceptors (Lipinski definition) is 3. The van der Waals surface area contributed by atoms with Gasteiger partial charge >= 0.3 is 0 Å². The molecule has 5 heteroatoms. The Morgan fingerprint density at radius 1 is 1.26 bits per heavy atom. The topological polar surface area (TPSA) is 47.6 Å². The number of methoxy groups -OCH3 is 1. The lowest BCUT2D eigenvalue weighted by Crippen LogP contribution is -2.11. The fraction of sp³-hybridized carbons (Fsp3) is 0.318. The summed E-state index contributed by atoms with van der Waals surface area (Å²) in [6.45, 7) is 6.63. The summed E-state index contributed by atoms with van der Waals surface area (Å²) in [4.78, 5) is 12.4. The summed E-state index contributed by atoms with van der Waals surface area (Å²) in [7, 11) is 1.56. The van der Waals surface area contributed by atoms with Gasteiger partial charge in [0.1, 0.15) is 0 Å². The Hall–Kier alpha value is -2.46. The van der Waals surface area contributed by atoms with Crippen molar-refractivity contribution in [3.8, 4) is 11.5 Å². The Morgan fingerprint density at radius 3 is 2.70 bits per heavy atom. The van der Waals surface area contributed by atoms with Gasteiger partial charge in [0.15, 0.2) is 11.5 Å². The predicted octanol–water partition coefficient (Wildman–Crippen LogP) is 5.66. The van der Waals surface area contributed by atoms with Crippen LogP contribution in [0.15, 0.2) is 36.4 Å². The van der Waals surface area contributed by atoms with E-state index in [1.807, 2.05) is 32.0 Å². The van der Waals surface area contributed by atoms with Gasteiger partial charge < -0.3 is 14.8 Å². The first-order valence-electron chi connectivity index (χ1n) is 9.08. The van der Waals surface area contributed by atoms with Crippen molar-refractivity contribution in [2.75, 3.05) is 19.0 Å². The number of nitrogens with one attached hydrogen (secondary N) is 1. The van der Waals surface area contributed by atoms with E-state index in [4.69, 9.17) is 21.1 Å². The highest BCUT2D eigenvalue weighted by molar-refractivity contribution is 6.32. The molecule has 0 unspecified atom stereocenters. The maximum atomic E-state index is 12.4. The third-order valence-electron chi connectivity index (χ3n) is 4.12. The van der Waals surface area contributed by atoms with Crippen molar-refractivity contribution in [2.24, 2.45) is 0 Å². The monoisotopic (exact) mass is 387 g/mol. The summed E-state index contributed by atoms with van der Waals surface area (Å²) in [6, 6.07) is 9.55.